The number of aliphatic hydroxyl groups is 1. The van der Waals surface area contributed by atoms with Crippen molar-refractivity contribution in [2.75, 3.05) is 13.7 Å². The molecule has 1 aliphatic heterocycles. The van der Waals surface area contributed by atoms with E-state index in [2.05, 4.69) is 4.74 Å². The molecule has 2 atom stereocenters. The second-order valence-electron chi connectivity index (χ2n) is 4.87. The Hall–Kier alpha value is -2.35. The van der Waals surface area contributed by atoms with Crippen LogP contribution in [0.2, 0.25) is 0 Å². The molecule has 0 bridgehead atoms. The van der Waals surface area contributed by atoms with Gasteiger partial charge in [0.25, 0.3) is 11.8 Å². The summed E-state index contributed by atoms with van der Waals surface area (Å²) in [7, 11) is 1.08. The van der Waals surface area contributed by atoms with Crippen LogP contribution in [-0.4, -0.2) is 47.5 Å². The van der Waals surface area contributed by atoms with E-state index in [1.54, 1.807) is 0 Å². The zero-order valence-corrected chi connectivity index (χ0v) is 11.8. The molecule has 0 saturated heterocycles. The number of hydrogen-bond donors (Lipinski definition) is 1. The van der Waals surface area contributed by atoms with E-state index in [9.17, 15) is 28.3 Å². The predicted octanol–water partition coefficient (Wildman–Crippen LogP) is 0.731. The number of carbonyl (C=O) groups is 3. The lowest BCUT2D eigenvalue weighted by Crippen LogP contribution is -2.42. The summed E-state index contributed by atoms with van der Waals surface area (Å²) in [6.45, 7) is 0.747. The third-order valence-corrected chi connectivity index (χ3v) is 3.49. The van der Waals surface area contributed by atoms with Crippen LogP contribution >= 0.6 is 0 Å². The molecule has 1 aromatic rings. The topological polar surface area (TPSA) is 83.9 Å². The van der Waals surface area contributed by atoms with Gasteiger partial charge in [-0.2, -0.15) is 0 Å². The Bertz CT molecular complexity index is 618. The minimum Gasteiger partial charge on any atom is -0.469 e. The highest BCUT2D eigenvalue weighted by Gasteiger charge is 2.43. The number of esters is 1. The van der Waals surface area contributed by atoms with Gasteiger partial charge in [0.05, 0.1) is 24.3 Å². The first-order valence-electron chi connectivity index (χ1n) is 6.39. The Morgan fingerprint density at radius 2 is 1.68 bits per heavy atom. The normalized spacial score (nSPS) is 16.5. The molecule has 0 radical (unpaired) electrons. The van der Waals surface area contributed by atoms with Crippen molar-refractivity contribution in [3.8, 4) is 0 Å². The van der Waals surface area contributed by atoms with E-state index < -0.39 is 59.1 Å². The lowest BCUT2D eigenvalue weighted by atomic mass is 10.0. The quantitative estimate of drug-likeness (QED) is 0.654. The first-order chi connectivity index (χ1) is 10.3. The van der Waals surface area contributed by atoms with E-state index in [-0.39, 0.29) is 0 Å². The molecule has 22 heavy (non-hydrogen) atoms. The van der Waals surface area contributed by atoms with Gasteiger partial charge in [-0.15, -0.1) is 0 Å². The van der Waals surface area contributed by atoms with Crippen LogP contribution in [0.5, 0.6) is 0 Å². The summed E-state index contributed by atoms with van der Waals surface area (Å²) in [6, 6.07) is 1.49. The first kappa shape index (κ1) is 16.0. The highest BCUT2D eigenvalue weighted by atomic mass is 19.1. The number of methoxy groups -OCH3 is 1. The van der Waals surface area contributed by atoms with E-state index in [1.165, 1.54) is 6.92 Å². The molecule has 2 rings (SSSR count). The van der Waals surface area contributed by atoms with Crippen LogP contribution in [0.4, 0.5) is 8.78 Å². The Balaban J connectivity index is 2.38. The summed E-state index contributed by atoms with van der Waals surface area (Å²) >= 11 is 0. The third kappa shape index (κ3) is 2.45. The third-order valence-electron chi connectivity index (χ3n) is 3.49. The highest BCUT2D eigenvalue weighted by molar-refractivity contribution is 6.21. The first-order valence-corrected chi connectivity index (χ1v) is 6.39. The maximum Gasteiger partial charge on any atom is 0.313 e. The van der Waals surface area contributed by atoms with Gasteiger partial charge in [0.2, 0.25) is 0 Å². The van der Waals surface area contributed by atoms with Crippen LogP contribution in [0.3, 0.4) is 0 Å². The fourth-order valence-corrected chi connectivity index (χ4v) is 2.27. The van der Waals surface area contributed by atoms with E-state index >= 15 is 0 Å². The molecule has 1 aromatic carbocycles. The largest absolute Gasteiger partial charge is 0.469 e. The minimum atomic E-state index is -1.22. The van der Waals surface area contributed by atoms with Gasteiger partial charge in [-0.05, 0) is 19.1 Å². The fourth-order valence-electron chi connectivity index (χ4n) is 2.27. The molecule has 118 valence electrons. The van der Waals surface area contributed by atoms with Crippen molar-refractivity contribution in [3.63, 3.8) is 0 Å². The van der Waals surface area contributed by atoms with Gasteiger partial charge in [-0.3, -0.25) is 19.3 Å². The number of ether oxygens (including phenoxy) is 1. The molecule has 0 aromatic heterocycles. The highest BCUT2D eigenvalue weighted by Crippen LogP contribution is 2.28. The van der Waals surface area contributed by atoms with Crippen molar-refractivity contribution in [3.05, 3.63) is 34.9 Å². The standard InChI is InChI=1S/C14H13F2NO5/c1-6(18)7(14(21)22-2)5-17-12(19)10-8(15)3-4-9(16)11(10)13(17)20/h3-4,6-7,18H,5H2,1-2H3/t6-,7-/m1/s1. The summed E-state index contributed by atoms with van der Waals surface area (Å²) in [5, 5.41) is 9.57. The monoisotopic (exact) mass is 313 g/mol. The average Bonchev–Trinajstić information content (AvgIpc) is 2.72. The van der Waals surface area contributed by atoms with Crippen molar-refractivity contribution in [2.45, 2.75) is 13.0 Å². The van der Waals surface area contributed by atoms with Gasteiger partial charge < -0.3 is 9.84 Å². The van der Waals surface area contributed by atoms with Gasteiger partial charge in [-0.1, -0.05) is 0 Å². The molecule has 0 fully saturated rings. The Morgan fingerprint density at radius 3 is 2.05 bits per heavy atom. The van der Waals surface area contributed by atoms with Crippen LogP contribution in [0.15, 0.2) is 12.1 Å². The zero-order valence-electron chi connectivity index (χ0n) is 11.8. The van der Waals surface area contributed by atoms with Crippen LogP contribution in [0.1, 0.15) is 27.6 Å². The Kier molecular flexibility index (Phi) is 4.23. The summed E-state index contributed by atoms with van der Waals surface area (Å²) in [4.78, 5) is 36.3. The van der Waals surface area contributed by atoms with Gasteiger partial charge in [0.1, 0.15) is 17.6 Å². The summed E-state index contributed by atoms with van der Waals surface area (Å²) in [6.07, 6.45) is -1.22. The Morgan fingerprint density at radius 1 is 1.23 bits per heavy atom. The lowest BCUT2D eigenvalue weighted by molar-refractivity contribution is -0.149. The molecule has 8 heteroatoms. The van der Waals surface area contributed by atoms with Gasteiger partial charge in [-0.25, -0.2) is 8.78 Å². The number of carbonyl (C=O) groups excluding carboxylic acids is 3. The number of aliphatic hydroxyl groups excluding tert-OH is 1. The van der Waals surface area contributed by atoms with Crippen LogP contribution < -0.4 is 0 Å². The van der Waals surface area contributed by atoms with Gasteiger partial charge in [0.15, 0.2) is 0 Å². The molecule has 1 aliphatic rings. The van der Waals surface area contributed by atoms with Crippen molar-refractivity contribution in [1.82, 2.24) is 4.90 Å². The molecule has 0 aliphatic carbocycles. The summed E-state index contributed by atoms with van der Waals surface area (Å²) in [5.74, 6) is -6.20. The van der Waals surface area contributed by atoms with Crippen molar-refractivity contribution in [2.24, 2.45) is 5.92 Å². The predicted molar refractivity (Wildman–Crippen MR) is 68.9 cm³/mol. The van der Waals surface area contributed by atoms with Crippen molar-refractivity contribution < 1.29 is 33.0 Å². The zero-order chi connectivity index (χ0) is 16.6. The molecule has 0 unspecified atom stereocenters. The molecule has 1 N–H and O–H groups in total. The number of nitrogens with zero attached hydrogens (tertiary/aromatic N) is 1. The van der Waals surface area contributed by atoms with Gasteiger partial charge >= 0.3 is 5.97 Å². The number of fused-ring (bicyclic) bond motifs is 1. The smallest absolute Gasteiger partial charge is 0.313 e. The van der Waals surface area contributed by atoms with E-state index in [4.69, 9.17) is 0 Å². The Labute approximate surface area is 124 Å². The molecule has 6 nitrogen and oxygen atoms in total. The van der Waals surface area contributed by atoms with Crippen LogP contribution in [0, 0.1) is 17.6 Å². The summed E-state index contributed by atoms with van der Waals surface area (Å²) in [5.41, 5.74) is -1.33. The second kappa shape index (κ2) is 5.80. The average molecular weight is 313 g/mol. The van der Waals surface area contributed by atoms with Gasteiger partial charge in [0, 0.05) is 6.54 Å². The number of imide groups is 1. The molecule has 0 spiro atoms. The van der Waals surface area contributed by atoms with E-state index in [1.807, 2.05) is 0 Å². The number of benzene rings is 1. The molecular weight excluding hydrogens is 300 g/mol. The summed E-state index contributed by atoms with van der Waals surface area (Å²) < 4.78 is 31.8. The number of amides is 2. The maximum atomic E-state index is 13.7. The molecule has 1 heterocycles. The second-order valence-corrected chi connectivity index (χ2v) is 4.87. The van der Waals surface area contributed by atoms with Crippen molar-refractivity contribution in [1.29, 1.82) is 0 Å². The molecular formula is C14H13F2NO5. The SMILES string of the molecule is COC(=O)[C@H](CN1C(=O)c2c(F)ccc(F)c2C1=O)[C@@H](C)O. The molecule has 0 saturated carbocycles. The lowest BCUT2D eigenvalue weighted by Gasteiger charge is -2.22. The maximum absolute atomic E-state index is 13.7. The van der Waals surface area contributed by atoms with E-state index in [0.29, 0.717) is 4.90 Å². The van der Waals surface area contributed by atoms with Crippen LogP contribution in [0.25, 0.3) is 0 Å². The van der Waals surface area contributed by atoms with E-state index in [0.717, 1.165) is 19.2 Å². The molecule has 2 amide bonds. The fraction of sp³-hybridized carbons (Fsp3) is 0.357. The van der Waals surface area contributed by atoms with Crippen LogP contribution in [-0.2, 0) is 9.53 Å². The number of rotatable bonds is 4. The number of hydrogen-bond acceptors (Lipinski definition) is 5. The minimum absolute atomic E-state index is 0.532. The number of halogens is 2. The van der Waals surface area contributed by atoms with Crippen molar-refractivity contribution >= 4 is 17.8 Å².